The van der Waals surface area contributed by atoms with E-state index in [1.165, 1.54) is 19.3 Å². The van der Waals surface area contributed by atoms with Crippen LogP contribution in [-0.4, -0.2) is 41.0 Å². The molecule has 1 aliphatic heterocycles. The van der Waals surface area contributed by atoms with E-state index in [1.54, 1.807) is 6.20 Å². The molecule has 1 aromatic heterocycles. The maximum Gasteiger partial charge on any atom is 0.272 e. The molecule has 1 amide bonds. The van der Waals surface area contributed by atoms with Crippen LogP contribution < -0.4 is 5.32 Å². The minimum Gasteiger partial charge on any atom is -0.329 e. The Labute approximate surface area is 114 Å². The third-order valence-corrected chi connectivity index (χ3v) is 4.45. The van der Waals surface area contributed by atoms with Crippen LogP contribution in [0.4, 0.5) is 0 Å². The van der Waals surface area contributed by atoms with Crippen LogP contribution >= 0.6 is 0 Å². The number of rotatable bonds is 1. The van der Waals surface area contributed by atoms with Crippen LogP contribution in [0.1, 0.15) is 42.6 Å². The van der Waals surface area contributed by atoms with Gasteiger partial charge in [-0.25, -0.2) is 0 Å². The van der Waals surface area contributed by atoms with E-state index in [2.05, 4.69) is 15.2 Å². The molecule has 1 saturated carbocycles. The third kappa shape index (κ3) is 2.37. The Kier molecular flexibility index (Phi) is 3.51. The molecule has 0 unspecified atom stereocenters. The van der Waals surface area contributed by atoms with Gasteiger partial charge in [0.05, 0.1) is 5.54 Å². The number of piperazine rings is 1. The molecule has 4 heteroatoms. The molecule has 1 aliphatic carbocycles. The molecule has 1 aromatic rings. The van der Waals surface area contributed by atoms with Crippen LogP contribution in [0.3, 0.4) is 0 Å². The molecule has 1 spiro atoms. The van der Waals surface area contributed by atoms with Crippen molar-refractivity contribution < 1.29 is 4.79 Å². The minimum absolute atomic E-state index is 0.0328. The molecule has 1 N–H and O–H groups in total. The fourth-order valence-corrected chi connectivity index (χ4v) is 3.45. The first-order valence-electron chi connectivity index (χ1n) is 7.26. The smallest absolute Gasteiger partial charge is 0.272 e. The standard InChI is InChI=1S/C15H21N3O/c19-14(13-6-2-5-9-17-13)18-11-10-16-12-15(18)7-3-1-4-8-15/h2,5-6,9,16H,1,3-4,7-8,10-12H2. The average molecular weight is 259 g/mol. The topological polar surface area (TPSA) is 45.2 Å². The van der Waals surface area contributed by atoms with E-state index in [1.807, 2.05) is 18.2 Å². The first kappa shape index (κ1) is 12.6. The largest absolute Gasteiger partial charge is 0.329 e. The van der Waals surface area contributed by atoms with Gasteiger partial charge in [-0.05, 0) is 25.0 Å². The normalized spacial score (nSPS) is 22.4. The number of amides is 1. The molecule has 102 valence electrons. The quantitative estimate of drug-likeness (QED) is 0.837. The molecule has 0 radical (unpaired) electrons. The van der Waals surface area contributed by atoms with Crippen LogP contribution in [0.5, 0.6) is 0 Å². The van der Waals surface area contributed by atoms with Crippen molar-refractivity contribution in [3.05, 3.63) is 30.1 Å². The van der Waals surface area contributed by atoms with Crippen LogP contribution in [0.25, 0.3) is 0 Å². The van der Waals surface area contributed by atoms with Crippen molar-refractivity contribution >= 4 is 5.91 Å². The zero-order valence-electron chi connectivity index (χ0n) is 11.3. The maximum atomic E-state index is 12.7. The molecule has 3 rings (SSSR count). The van der Waals surface area contributed by atoms with Crippen molar-refractivity contribution in [1.82, 2.24) is 15.2 Å². The van der Waals surface area contributed by atoms with Crippen molar-refractivity contribution in [1.29, 1.82) is 0 Å². The Hall–Kier alpha value is -1.42. The summed E-state index contributed by atoms with van der Waals surface area (Å²) in [7, 11) is 0. The van der Waals surface area contributed by atoms with Gasteiger partial charge in [-0.3, -0.25) is 9.78 Å². The lowest BCUT2D eigenvalue weighted by Crippen LogP contribution is -2.63. The van der Waals surface area contributed by atoms with Gasteiger partial charge < -0.3 is 10.2 Å². The van der Waals surface area contributed by atoms with Gasteiger partial charge >= 0.3 is 0 Å². The molecule has 1 saturated heterocycles. The van der Waals surface area contributed by atoms with Gasteiger partial charge in [-0.15, -0.1) is 0 Å². The van der Waals surface area contributed by atoms with Crippen molar-refractivity contribution in [2.24, 2.45) is 0 Å². The molecule has 2 aliphatic rings. The fraction of sp³-hybridized carbons (Fsp3) is 0.600. The van der Waals surface area contributed by atoms with Gasteiger partial charge in [0, 0.05) is 25.8 Å². The molecule has 2 heterocycles. The minimum atomic E-state index is 0.0328. The number of pyridine rings is 1. The molecule has 0 atom stereocenters. The lowest BCUT2D eigenvalue weighted by atomic mass is 9.79. The second-order valence-electron chi connectivity index (χ2n) is 5.63. The predicted octanol–water partition coefficient (Wildman–Crippen LogP) is 1.83. The average Bonchev–Trinajstić information content (AvgIpc) is 2.49. The summed E-state index contributed by atoms with van der Waals surface area (Å²) in [6.45, 7) is 2.63. The highest BCUT2D eigenvalue weighted by atomic mass is 16.2. The summed E-state index contributed by atoms with van der Waals surface area (Å²) >= 11 is 0. The van der Waals surface area contributed by atoms with E-state index in [0.717, 1.165) is 32.5 Å². The van der Waals surface area contributed by atoms with Gasteiger partial charge in [0.15, 0.2) is 0 Å². The number of carbonyl (C=O) groups is 1. The Morgan fingerprint density at radius 3 is 2.84 bits per heavy atom. The van der Waals surface area contributed by atoms with Crippen molar-refractivity contribution in [3.8, 4) is 0 Å². The molecule has 0 aromatic carbocycles. The zero-order valence-corrected chi connectivity index (χ0v) is 11.3. The van der Waals surface area contributed by atoms with Crippen molar-refractivity contribution in [2.75, 3.05) is 19.6 Å². The molecule has 19 heavy (non-hydrogen) atoms. The maximum absolute atomic E-state index is 12.7. The summed E-state index contributed by atoms with van der Waals surface area (Å²) in [6.07, 6.45) is 7.70. The zero-order chi connectivity index (χ0) is 13.1. The van der Waals surface area contributed by atoms with E-state index in [0.29, 0.717) is 5.69 Å². The van der Waals surface area contributed by atoms with E-state index in [4.69, 9.17) is 0 Å². The number of carbonyl (C=O) groups excluding carboxylic acids is 1. The molecule has 4 nitrogen and oxygen atoms in total. The Bertz CT molecular complexity index is 432. The highest BCUT2D eigenvalue weighted by molar-refractivity contribution is 5.93. The van der Waals surface area contributed by atoms with Crippen LogP contribution in [0.15, 0.2) is 24.4 Å². The Morgan fingerprint density at radius 2 is 2.11 bits per heavy atom. The Balaban J connectivity index is 1.86. The van der Waals surface area contributed by atoms with Gasteiger partial charge in [0.1, 0.15) is 5.69 Å². The fourth-order valence-electron chi connectivity index (χ4n) is 3.45. The highest BCUT2D eigenvalue weighted by Gasteiger charge is 2.42. The van der Waals surface area contributed by atoms with Gasteiger partial charge in [-0.1, -0.05) is 25.3 Å². The first-order valence-corrected chi connectivity index (χ1v) is 7.26. The van der Waals surface area contributed by atoms with E-state index < -0.39 is 0 Å². The van der Waals surface area contributed by atoms with Gasteiger partial charge in [0.2, 0.25) is 0 Å². The number of nitrogens with zero attached hydrogens (tertiary/aromatic N) is 2. The summed E-state index contributed by atoms with van der Waals surface area (Å²) in [5.74, 6) is 0.101. The van der Waals surface area contributed by atoms with Crippen molar-refractivity contribution in [2.45, 2.75) is 37.6 Å². The van der Waals surface area contributed by atoms with E-state index in [-0.39, 0.29) is 11.4 Å². The van der Waals surface area contributed by atoms with Crippen molar-refractivity contribution in [3.63, 3.8) is 0 Å². The lowest BCUT2D eigenvalue weighted by Gasteiger charge is -2.49. The van der Waals surface area contributed by atoms with Crippen LogP contribution in [0.2, 0.25) is 0 Å². The summed E-state index contributed by atoms with van der Waals surface area (Å²) in [5, 5.41) is 3.47. The number of aromatic nitrogens is 1. The predicted molar refractivity (Wildman–Crippen MR) is 74.0 cm³/mol. The lowest BCUT2D eigenvalue weighted by molar-refractivity contribution is 0.0217. The summed E-state index contributed by atoms with van der Waals surface area (Å²) in [4.78, 5) is 19.0. The monoisotopic (exact) mass is 259 g/mol. The molecular weight excluding hydrogens is 238 g/mol. The second-order valence-corrected chi connectivity index (χ2v) is 5.63. The highest BCUT2D eigenvalue weighted by Crippen LogP contribution is 2.35. The number of hydrogen-bond acceptors (Lipinski definition) is 3. The number of hydrogen-bond donors (Lipinski definition) is 1. The van der Waals surface area contributed by atoms with E-state index >= 15 is 0 Å². The SMILES string of the molecule is O=C(c1ccccn1)N1CCNCC12CCCCC2. The summed E-state index contributed by atoms with van der Waals surface area (Å²) in [6, 6.07) is 5.56. The molecule has 0 bridgehead atoms. The van der Waals surface area contributed by atoms with Gasteiger partial charge in [0.25, 0.3) is 5.91 Å². The molecular formula is C15H21N3O. The first-order chi connectivity index (χ1) is 9.32. The summed E-state index contributed by atoms with van der Waals surface area (Å²) < 4.78 is 0. The Morgan fingerprint density at radius 1 is 1.26 bits per heavy atom. The van der Waals surface area contributed by atoms with Crippen LogP contribution in [-0.2, 0) is 0 Å². The number of nitrogens with one attached hydrogen (secondary N) is 1. The van der Waals surface area contributed by atoms with Gasteiger partial charge in [-0.2, -0.15) is 0 Å². The molecule has 2 fully saturated rings. The third-order valence-electron chi connectivity index (χ3n) is 4.45. The van der Waals surface area contributed by atoms with Crippen LogP contribution in [0, 0.1) is 0 Å². The van der Waals surface area contributed by atoms with E-state index in [9.17, 15) is 4.79 Å². The summed E-state index contributed by atoms with van der Waals surface area (Å²) in [5.41, 5.74) is 0.611. The second kappa shape index (κ2) is 5.29.